The number of carbonyl (C=O) groups excluding carboxylic acids is 2. The third-order valence-electron chi connectivity index (χ3n) is 12.8. The summed E-state index contributed by atoms with van der Waals surface area (Å²) in [5.41, 5.74) is 0.174. The van der Waals surface area contributed by atoms with E-state index >= 15 is 0 Å². The van der Waals surface area contributed by atoms with Crippen molar-refractivity contribution in [1.29, 1.82) is 0 Å². The first kappa shape index (κ1) is 27.2. The van der Waals surface area contributed by atoms with Crippen molar-refractivity contribution >= 4 is 11.8 Å². The average molecular weight is 540 g/mol. The second-order valence-corrected chi connectivity index (χ2v) is 15.0. The number of methoxy groups -OCH3 is 1. The van der Waals surface area contributed by atoms with Gasteiger partial charge in [0.2, 0.25) is 0 Å². The average Bonchev–Trinajstić information content (AvgIpc) is 3.34. The van der Waals surface area contributed by atoms with E-state index in [4.69, 9.17) is 19.0 Å². The van der Waals surface area contributed by atoms with Gasteiger partial charge in [-0.1, -0.05) is 45.3 Å². The number of nitrogens with zero attached hydrogens (tertiary/aromatic N) is 1. The van der Waals surface area contributed by atoms with Crippen LogP contribution in [0.25, 0.3) is 0 Å². The summed E-state index contributed by atoms with van der Waals surface area (Å²) in [6.45, 7) is 13.7. The number of hydrogen-bond acceptors (Lipinski definition) is 7. The fourth-order valence-corrected chi connectivity index (χ4v) is 10.7. The van der Waals surface area contributed by atoms with Gasteiger partial charge >= 0.3 is 5.97 Å². The Morgan fingerprint density at radius 1 is 1.03 bits per heavy atom. The van der Waals surface area contributed by atoms with Crippen LogP contribution in [0.3, 0.4) is 0 Å². The highest BCUT2D eigenvalue weighted by Gasteiger charge is 2.72. The zero-order valence-corrected chi connectivity index (χ0v) is 24.9. The van der Waals surface area contributed by atoms with E-state index in [2.05, 4.69) is 39.8 Å². The number of ether oxygens (including phenoxy) is 1. The van der Waals surface area contributed by atoms with Crippen LogP contribution < -0.4 is 0 Å². The molecule has 8 atom stereocenters. The van der Waals surface area contributed by atoms with Gasteiger partial charge in [0.25, 0.3) is 0 Å². The summed E-state index contributed by atoms with van der Waals surface area (Å²) in [6.07, 6.45) is 10.7. The molecule has 7 heteroatoms. The maximum atomic E-state index is 14.5. The Hall–Kier alpha value is -1.99. The van der Waals surface area contributed by atoms with Crippen LogP contribution in [-0.2, 0) is 36.1 Å². The van der Waals surface area contributed by atoms with Crippen molar-refractivity contribution in [2.45, 2.75) is 98.5 Å². The molecule has 0 bridgehead atoms. The lowest BCUT2D eigenvalue weighted by Gasteiger charge is -2.69. The number of rotatable bonds is 3. The predicted molar refractivity (Wildman–Crippen MR) is 144 cm³/mol. The van der Waals surface area contributed by atoms with Crippen molar-refractivity contribution in [1.82, 2.24) is 5.16 Å². The number of ketones is 1. The number of fused-ring (bicyclic) bond motifs is 8. The predicted octanol–water partition coefficient (Wildman–Crippen LogP) is 6.36. The molecule has 5 aliphatic carbocycles. The molecular formula is C32H45NO6. The lowest BCUT2D eigenvalue weighted by atomic mass is 9.34. The number of esters is 1. The van der Waals surface area contributed by atoms with E-state index in [1.54, 1.807) is 6.20 Å². The molecule has 3 fully saturated rings. The summed E-state index contributed by atoms with van der Waals surface area (Å²) < 4.78 is 11.2. The third-order valence-corrected chi connectivity index (χ3v) is 12.8. The molecule has 0 aliphatic heterocycles. The van der Waals surface area contributed by atoms with Crippen LogP contribution in [0.5, 0.6) is 0 Å². The molecule has 0 spiro atoms. The monoisotopic (exact) mass is 539 g/mol. The van der Waals surface area contributed by atoms with Crippen molar-refractivity contribution in [3.8, 4) is 0 Å². The summed E-state index contributed by atoms with van der Waals surface area (Å²) in [5.74, 6) is 0.644. The summed E-state index contributed by atoms with van der Waals surface area (Å²) in [7, 11) is 3.05. The van der Waals surface area contributed by atoms with Gasteiger partial charge in [-0.15, -0.1) is 0 Å². The summed E-state index contributed by atoms with van der Waals surface area (Å²) in [5, 5.41) is 4.14. The topological polar surface area (TPSA) is 87.9 Å². The van der Waals surface area contributed by atoms with Gasteiger partial charge in [-0.3, -0.25) is 9.59 Å². The van der Waals surface area contributed by atoms with Crippen molar-refractivity contribution in [2.75, 3.05) is 14.2 Å². The van der Waals surface area contributed by atoms with Gasteiger partial charge in [-0.25, -0.2) is 9.78 Å². The van der Waals surface area contributed by atoms with Gasteiger partial charge in [-0.05, 0) is 91.9 Å². The highest BCUT2D eigenvalue weighted by Crippen LogP contribution is 2.75. The SMILES string of the molecule is COO[C@@]1(C)c2oncc2C[C@]2(C)C3=CC(=O)[C@@H]4[C@@H]5CC(C)(C)CC[C@]5(C(=O)OC)CC[C@@]4(C)[C@]3(C)CC[C@@H]12. The first-order valence-corrected chi connectivity index (χ1v) is 14.7. The lowest BCUT2D eigenvalue weighted by molar-refractivity contribution is -0.375. The highest BCUT2D eigenvalue weighted by atomic mass is 17.2. The van der Waals surface area contributed by atoms with E-state index in [1.807, 2.05) is 13.0 Å². The smallest absolute Gasteiger partial charge is 0.312 e. The first-order chi connectivity index (χ1) is 18.2. The van der Waals surface area contributed by atoms with Crippen LogP contribution in [-0.4, -0.2) is 31.1 Å². The lowest BCUT2D eigenvalue weighted by Crippen LogP contribution is -2.66. The molecule has 39 heavy (non-hydrogen) atoms. The van der Waals surface area contributed by atoms with Gasteiger partial charge in [0.05, 0.1) is 25.8 Å². The summed E-state index contributed by atoms with van der Waals surface area (Å²) >= 11 is 0. The molecule has 0 saturated heterocycles. The maximum absolute atomic E-state index is 14.5. The Morgan fingerprint density at radius 2 is 1.74 bits per heavy atom. The quantitative estimate of drug-likeness (QED) is 0.251. The van der Waals surface area contributed by atoms with Crippen molar-refractivity contribution in [3.63, 3.8) is 0 Å². The van der Waals surface area contributed by atoms with E-state index in [0.717, 1.165) is 62.7 Å². The molecule has 6 rings (SSSR count). The molecule has 0 unspecified atom stereocenters. The molecule has 214 valence electrons. The Labute approximate surface area is 232 Å². The van der Waals surface area contributed by atoms with Crippen LogP contribution in [0.15, 0.2) is 22.4 Å². The molecule has 1 aromatic rings. The largest absolute Gasteiger partial charge is 0.469 e. The maximum Gasteiger partial charge on any atom is 0.312 e. The molecular weight excluding hydrogens is 494 g/mol. The van der Waals surface area contributed by atoms with E-state index in [0.29, 0.717) is 0 Å². The van der Waals surface area contributed by atoms with Crippen molar-refractivity contribution < 1.29 is 28.6 Å². The second-order valence-electron chi connectivity index (χ2n) is 15.0. The van der Waals surface area contributed by atoms with Gasteiger partial charge < -0.3 is 9.26 Å². The van der Waals surface area contributed by atoms with Crippen LogP contribution in [0.2, 0.25) is 0 Å². The molecule has 0 N–H and O–H groups in total. The van der Waals surface area contributed by atoms with Gasteiger partial charge in [0.1, 0.15) is 0 Å². The fourth-order valence-electron chi connectivity index (χ4n) is 10.7. The molecule has 0 amide bonds. The summed E-state index contributed by atoms with van der Waals surface area (Å²) in [4.78, 5) is 39.3. The van der Waals surface area contributed by atoms with Gasteiger partial charge in [-0.2, -0.15) is 0 Å². The van der Waals surface area contributed by atoms with Crippen LogP contribution >= 0.6 is 0 Å². The van der Waals surface area contributed by atoms with E-state index in [9.17, 15) is 9.59 Å². The van der Waals surface area contributed by atoms with E-state index < -0.39 is 11.0 Å². The standard InChI is InChI=1S/C32H45NO6/c1-27(2)11-13-32(26(35)36-7)14-12-30(5)24(20(32)17-27)21(34)15-23-28(3)16-19-18-33-38-25(19)31(6,39-37-8)22(28)9-10-29(23,30)4/h15,18,20,22,24H,9-14,16-17H2,1-8H3/t20-,22+,24-,28-,29+,30+,31+,32-/m0/s1. The molecule has 1 aromatic heterocycles. The van der Waals surface area contributed by atoms with Crippen LogP contribution in [0, 0.1) is 44.8 Å². The highest BCUT2D eigenvalue weighted by molar-refractivity contribution is 5.96. The Morgan fingerprint density at radius 3 is 2.44 bits per heavy atom. The molecule has 0 aromatic carbocycles. The first-order valence-electron chi connectivity index (χ1n) is 14.7. The minimum absolute atomic E-state index is 0.0155. The zero-order chi connectivity index (χ0) is 28.2. The van der Waals surface area contributed by atoms with Crippen LogP contribution in [0.1, 0.15) is 97.8 Å². The molecule has 1 heterocycles. The summed E-state index contributed by atoms with van der Waals surface area (Å²) in [6, 6.07) is 0. The zero-order valence-electron chi connectivity index (χ0n) is 24.9. The van der Waals surface area contributed by atoms with E-state index in [-0.39, 0.29) is 51.2 Å². The van der Waals surface area contributed by atoms with Crippen molar-refractivity contribution in [2.24, 2.45) is 44.8 Å². The molecule has 3 saturated carbocycles. The minimum atomic E-state index is -0.809. The second kappa shape index (κ2) is 8.28. The Kier molecular flexibility index (Phi) is 5.77. The van der Waals surface area contributed by atoms with Gasteiger partial charge in [0, 0.05) is 17.4 Å². The normalized spacial score (nSPS) is 46.1. The fraction of sp³-hybridized carbons (Fsp3) is 0.781. The number of carbonyl (C=O) groups is 2. The van der Waals surface area contributed by atoms with Crippen LogP contribution in [0.4, 0.5) is 0 Å². The Balaban J connectivity index is 1.50. The van der Waals surface area contributed by atoms with Gasteiger partial charge in [0.15, 0.2) is 17.1 Å². The molecule has 7 nitrogen and oxygen atoms in total. The molecule has 5 aliphatic rings. The number of aromatic nitrogens is 1. The third kappa shape index (κ3) is 3.26. The number of allylic oxidation sites excluding steroid dienone is 2. The van der Waals surface area contributed by atoms with Crippen molar-refractivity contribution in [3.05, 3.63) is 29.2 Å². The Bertz CT molecular complexity index is 1250. The van der Waals surface area contributed by atoms with E-state index in [1.165, 1.54) is 19.8 Å². The minimum Gasteiger partial charge on any atom is -0.469 e. The molecule has 0 radical (unpaired) electrons. The number of hydrogen-bond donors (Lipinski definition) is 0.